The van der Waals surface area contributed by atoms with E-state index in [1.165, 1.54) is 24.3 Å². The average Bonchev–Trinajstić information content (AvgIpc) is 3.36. The van der Waals surface area contributed by atoms with Crippen LogP contribution in [0.4, 0.5) is 5.69 Å². The molecule has 0 bridgehead atoms. The smallest absolute Gasteiger partial charge is 0.338 e. The van der Waals surface area contributed by atoms with Crippen LogP contribution < -0.4 is 4.90 Å². The van der Waals surface area contributed by atoms with E-state index >= 15 is 0 Å². The number of aromatic nitrogens is 3. The van der Waals surface area contributed by atoms with Gasteiger partial charge in [0.05, 0.1) is 16.3 Å². The number of imide groups is 1. The third-order valence-corrected chi connectivity index (χ3v) is 8.35. The number of ether oxygens (including phenoxy) is 1. The Balaban J connectivity index is 1.15. The van der Waals surface area contributed by atoms with E-state index < -0.39 is 35.4 Å². The van der Waals surface area contributed by atoms with E-state index in [2.05, 4.69) is 10.2 Å². The molecule has 1 saturated heterocycles. The molecule has 5 aromatic rings. The second-order valence-electron chi connectivity index (χ2n) is 9.93. The molecule has 0 saturated carbocycles. The summed E-state index contributed by atoms with van der Waals surface area (Å²) in [5.74, 6) is -1.99. The van der Waals surface area contributed by atoms with Crippen LogP contribution in [-0.4, -0.2) is 50.6 Å². The number of hydrogen-bond acceptors (Lipinski definition) is 9. The number of nitrogens with zero attached hydrogens (tertiary/aromatic N) is 4. The summed E-state index contributed by atoms with van der Waals surface area (Å²) in [4.78, 5) is 57.1. The first kappa shape index (κ1) is 29.9. The van der Waals surface area contributed by atoms with Gasteiger partial charge < -0.3 is 4.74 Å². The van der Waals surface area contributed by atoms with E-state index in [-0.39, 0.29) is 27.7 Å². The van der Waals surface area contributed by atoms with Crippen LogP contribution >= 0.6 is 23.4 Å². The van der Waals surface area contributed by atoms with Crippen LogP contribution in [0.15, 0.2) is 114 Å². The molecule has 0 N–H and O–H groups in total. The van der Waals surface area contributed by atoms with Gasteiger partial charge in [-0.3, -0.25) is 14.4 Å². The SMILES string of the molecule is O=C(OCC(=O)c1ccccc1Cl)c1ccc(N2C(=O)CC(Sc3nnc(-c4ccccc4)c(-c4ccccc4)n3)C2=O)cc1. The lowest BCUT2D eigenvalue weighted by atomic mass is 10.0. The number of carbonyl (C=O) groups excluding carboxylic acids is 4. The van der Waals surface area contributed by atoms with Crippen LogP contribution in [0.3, 0.4) is 0 Å². The second kappa shape index (κ2) is 13.2. The Kier molecular flexibility index (Phi) is 8.77. The minimum absolute atomic E-state index is 0.0537. The molecule has 11 heteroatoms. The lowest BCUT2D eigenvalue weighted by molar-refractivity contribution is -0.121. The first-order valence-corrected chi connectivity index (χ1v) is 15.1. The highest BCUT2D eigenvalue weighted by Gasteiger charge is 2.41. The number of ketones is 1. The molecule has 0 aliphatic carbocycles. The van der Waals surface area contributed by atoms with Gasteiger partial charge >= 0.3 is 5.97 Å². The maximum atomic E-state index is 13.4. The number of esters is 1. The number of carbonyl (C=O) groups is 4. The fourth-order valence-corrected chi connectivity index (χ4v) is 5.93. The summed E-state index contributed by atoms with van der Waals surface area (Å²) >= 11 is 7.12. The Morgan fingerprint density at radius 1 is 0.800 bits per heavy atom. The van der Waals surface area contributed by atoms with Gasteiger partial charge in [0, 0.05) is 23.1 Å². The van der Waals surface area contributed by atoms with Crippen molar-refractivity contribution >= 4 is 52.6 Å². The van der Waals surface area contributed by atoms with E-state index in [9.17, 15) is 19.2 Å². The van der Waals surface area contributed by atoms with Crippen molar-refractivity contribution in [1.29, 1.82) is 0 Å². The Hall–Kier alpha value is -5.19. The van der Waals surface area contributed by atoms with Crippen LogP contribution in [0.1, 0.15) is 27.1 Å². The molecule has 2 amide bonds. The predicted octanol–water partition coefficient (Wildman–Crippen LogP) is 6.32. The number of anilines is 1. The average molecular weight is 635 g/mol. The predicted molar refractivity (Wildman–Crippen MR) is 170 cm³/mol. The topological polar surface area (TPSA) is 119 Å². The maximum Gasteiger partial charge on any atom is 0.338 e. The molecule has 0 spiro atoms. The maximum absolute atomic E-state index is 13.4. The molecule has 222 valence electrons. The van der Waals surface area contributed by atoms with Crippen LogP contribution in [0.2, 0.25) is 5.02 Å². The molecule has 9 nitrogen and oxygen atoms in total. The number of thioether (sulfide) groups is 1. The Morgan fingerprint density at radius 2 is 1.42 bits per heavy atom. The van der Waals surface area contributed by atoms with Crippen molar-refractivity contribution in [2.45, 2.75) is 16.8 Å². The van der Waals surface area contributed by atoms with Gasteiger partial charge in [0.2, 0.25) is 22.8 Å². The molecular weight excluding hydrogens is 612 g/mol. The molecule has 1 fully saturated rings. The summed E-state index contributed by atoms with van der Waals surface area (Å²) in [5.41, 5.74) is 3.63. The second-order valence-corrected chi connectivity index (χ2v) is 11.5. The Labute approximate surface area is 267 Å². The van der Waals surface area contributed by atoms with Crippen LogP contribution in [0.25, 0.3) is 22.5 Å². The zero-order valence-electron chi connectivity index (χ0n) is 23.5. The van der Waals surface area contributed by atoms with E-state index in [1.807, 2.05) is 60.7 Å². The van der Waals surface area contributed by atoms with Gasteiger partial charge in [-0.25, -0.2) is 14.7 Å². The molecule has 1 unspecified atom stereocenters. The summed E-state index contributed by atoms with van der Waals surface area (Å²) in [6, 6.07) is 31.4. The molecule has 1 atom stereocenters. The number of halogens is 1. The van der Waals surface area contributed by atoms with E-state index in [1.54, 1.807) is 24.3 Å². The van der Waals surface area contributed by atoms with Crippen molar-refractivity contribution in [3.05, 3.63) is 125 Å². The number of rotatable bonds is 9. The molecule has 1 aliphatic rings. The van der Waals surface area contributed by atoms with Crippen molar-refractivity contribution < 1.29 is 23.9 Å². The summed E-state index contributed by atoms with van der Waals surface area (Å²) < 4.78 is 5.15. The summed E-state index contributed by atoms with van der Waals surface area (Å²) in [5, 5.41) is 8.51. The third kappa shape index (κ3) is 6.52. The van der Waals surface area contributed by atoms with Gasteiger partial charge in [-0.1, -0.05) is 96.2 Å². The molecule has 6 rings (SSSR count). The minimum atomic E-state index is -0.758. The van der Waals surface area contributed by atoms with E-state index in [0.717, 1.165) is 27.8 Å². The van der Waals surface area contributed by atoms with Gasteiger partial charge in [-0.15, -0.1) is 10.2 Å². The standard InChI is InChI=1S/C34H23ClN4O5S/c35-26-14-8-7-13-25(26)27(40)20-44-33(43)23-15-17-24(18-16-23)39-29(41)19-28(32(39)42)45-34-36-30(21-9-3-1-4-10-21)31(37-38-34)22-11-5-2-6-12-22/h1-18,28H,19-20H2. The van der Waals surface area contributed by atoms with Gasteiger partial charge in [-0.2, -0.15) is 0 Å². The molecule has 1 aromatic heterocycles. The highest BCUT2D eigenvalue weighted by molar-refractivity contribution is 8.00. The molecule has 0 radical (unpaired) electrons. The van der Waals surface area contributed by atoms with Crippen molar-refractivity contribution in [3.8, 4) is 22.5 Å². The summed E-state index contributed by atoms with van der Waals surface area (Å²) in [6.07, 6.45) is -0.0537. The summed E-state index contributed by atoms with van der Waals surface area (Å²) in [7, 11) is 0. The molecular formula is C34H23ClN4O5S. The largest absolute Gasteiger partial charge is 0.454 e. The summed E-state index contributed by atoms with van der Waals surface area (Å²) in [6.45, 7) is -0.485. The fourth-order valence-electron chi connectivity index (χ4n) is 4.77. The number of benzene rings is 4. The quantitative estimate of drug-likeness (QED) is 0.104. The van der Waals surface area contributed by atoms with E-state index in [4.69, 9.17) is 21.3 Å². The first-order chi connectivity index (χ1) is 21.9. The van der Waals surface area contributed by atoms with Crippen LogP contribution in [0.5, 0.6) is 0 Å². The van der Waals surface area contributed by atoms with Crippen LogP contribution in [0, 0.1) is 0 Å². The zero-order chi connectivity index (χ0) is 31.3. The normalized spacial score (nSPS) is 14.4. The van der Waals surface area contributed by atoms with Crippen molar-refractivity contribution in [1.82, 2.24) is 15.2 Å². The molecule has 45 heavy (non-hydrogen) atoms. The Morgan fingerprint density at radius 3 is 2.09 bits per heavy atom. The highest BCUT2D eigenvalue weighted by atomic mass is 35.5. The molecule has 1 aliphatic heterocycles. The van der Waals surface area contributed by atoms with Gasteiger partial charge in [0.15, 0.2) is 6.61 Å². The fraction of sp³-hybridized carbons (Fsp3) is 0.0882. The van der Waals surface area contributed by atoms with Gasteiger partial charge in [0.1, 0.15) is 16.6 Å². The first-order valence-electron chi connectivity index (χ1n) is 13.8. The van der Waals surface area contributed by atoms with Crippen molar-refractivity contribution in [2.24, 2.45) is 0 Å². The third-order valence-electron chi connectivity index (χ3n) is 6.98. The van der Waals surface area contributed by atoms with E-state index in [0.29, 0.717) is 17.1 Å². The minimum Gasteiger partial charge on any atom is -0.454 e. The number of hydrogen-bond donors (Lipinski definition) is 0. The van der Waals surface area contributed by atoms with Gasteiger partial charge in [0.25, 0.3) is 0 Å². The number of Topliss-reactive ketones (excluding diaryl/α,β-unsaturated/α-hetero) is 1. The van der Waals surface area contributed by atoms with Crippen LogP contribution in [-0.2, 0) is 14.3 Å². The van der Waals surface area contributed by atoms with Crippen molar-refractivity contribution in [2.75, 3.05) is 11.5 Å². The Bertz CT molecular complexity index is 1910. The monoisotopic (exact) mass is 634 g/mol. The lowest BCUT2D eigenvalue weighted by Crippen LogP contribution is -2.31. The van der Waals surface area contributed by atoms with Gasteiger partial charge in [-0.05, 0) is 36.4 Å². The zero-order valence-corrected chi connectivity index (χ0v) is 25.1. The lowest BCUT2D eigenvalue weighted by Gasteiger charge is -2.15. The van der Waals surface area contributed by atoms with Crippen molar-refractivity contribution in [3.63, 3.8) is 0 Å². The highest BCUT2D eigenvalue weighted by Crippen LogP contribution is 2.35. The molecule has 2 heterocycles. The number of amides is 2. The molecule has 4 aromatic carbocycles.